The lowest BCUT2D eigenvalue weighted by atomic mass is 9.95. The quantitative estimate of drug-likeness (QED) is 0.895. The van der Waals surface area contributed by atoms with Gasteiger partial charge in [0, 0.05) is 18.8 Å². The van der Waals surface area contributed by atoms with Gasteiger partial charge in [-0.15, -0.1) is 0 Å². The van der Waals surface area contributed by atoms with Crippen molar-refractivity contribution >= 4 is 17.7 Å². The number of likely N-dealkylation sites (tertiary alicyclic amines) is 1. The predicted molar refractivity (Wildman–Crippen MR) is 81.4 cm³/mol. The number of nitrogens with zero attached hydrogens (tertiary/aromatic N) is 1. The first kappa shape index (κ1) is 15.4. The van der Waals surface area contributed by atoms with Crippen LogP contribution in [-0.4, -0.2) is 35.1 Å². The molecule has 114 valence electrons. The summed E-state index contributed by atoms with van der Waals surface area (Å²) in [6.45, 7) is 3.81. The van der Waals surface area contributed by atoms with Gasteiger partial charge in [-0.3, -0.25) is 4.79 Å². The molecule has 2 rings (SSSR count). The fraction of sp³-hybridized carbons (Fsp3) is 0.500. The maximum atomic E-state index is 12.1. The molecule has 2 N–H and O–H groups in total. The molecule has 1 aliphatic rings. The second-order valence-corrected chi connectivity index (χ2v) is 5.54. The molecule has 0 saturated carbocycles. The van der Waals surface area contributed by atoms with Gasteiger partial charge in [0.05, 0.1) is 6.42 Å². The number of urea groups is 1. The lowest BCUT2D eigenvalue weighted by Crippen LogP contribution is -2.40. The van der Waals surface area contributed by atoms with Gasteiger partial charge in [0.25, 0.3) is 0 Å². The van der Waals surface area contributed by atoms with Gasteiger partial charge >= 0.3 is 12.0 Å². The van der Waals surface area contributed by atoms with Gasteiger partial charge < -0.3 is 15.3 Å². The summed E-state index contributed by atoms with van der Waals surface area (Å²) in [5.41, 5.74) is 1.43. The highest BCUT2D eigenvalue weighted by molar-refractivity contribution is 5.89. The number of hydrogen-bond acceptors (Lipinski definition) is 2. The summed E-state index contributed by atoms with van der Waals surface area (Å²) in [5, 5.41) is 11.6. The second-order valence-electron chi connectivity index (χ2n) is 5.54. The number of rotatable bonds is 4. The number of piperidine rings is 1. The molecule has 0 atom stereocenters. The third-order valence-corrected chi connectivity index (χ3v) is 4.04. The first-order valence-corrected chi connectivity index (χ1v) is 7.45. The Morgan fingerprint density at radius 3 is 2.38 bits per heavy atom. The fourth-order valence-electron chi connectivity index (χ4n) is 2.63. The average molecular weight is 290 g/mol. The molecule has 1 aliphatic heterocycles. The van der Waals surface area contributed by atoms with Crippen molar-refractivity contribution in [2.24, 2.45) is 5.92 Å². The summed E-state index contributed by atoms with van der Waals surface area (Å²) in [4.78, 5) is 24.6. The number of nitrogens with one attached hydrogen (secondary N) is 1. The molecule has 0 aliphatic carbocycles. The van der Waals surface area contributed by atoms with E-state index >= 15 is 0 Å². The molecule has 0 radical (unpaired) electrons. The van der Waals surface area contributed by atoms with Crippen LogP contribution in [0.4, 0.5) is 10.5 Å². The van der Waals surface area contributed by atoms with Crippen molar-refractivity contribution < 1.29 is 14.7 Å². The molecule has 21 heavy (non-hydrogen) atoms. The molecule has 1 fully saturated rings. The minimum Gasteiger partial charge on any atom is -0.481 e. The average Bonchev–Trinajstić information content (AvgIpc) is 2.49. The third-order valence-electron chi connectivity index (χ3n) is 4.04. The molecule has 5 nitrogen and oxygen atoms in total. The van der Waals surface area contributed by atoms with Crippen molar-refractivity contribution in [2.75, 3.05) is 18.4 Å². The molecular weight excluding hydrogens is 268 g/mol. The van der Waals surface area contributed by atoms with E-state index in [9.17, 15) is 9.59 Å². The van der Waals surface area contributed by atoms with Crippen LogP contribution in [0.15, 0.2) is 24.3 Å². The zero-order valence-corrected chi connectivity index (χ0v) is 12.3. The lowest BCUT2D eigenvalue weighted by Gasteiger charge is -2.31. The molecule has 1 aromatic rings. The van der Waals surface area contributed by atoms with Crippen molar-refractivity contribution in [1.29, 1.82) is 0 Å². The molecular formula is C16H22N2O3. The molecule has 0 bridgehead atoms. The van der Waals surface area contributed by atoms with Crippen LogP contribution in [0.3, 0.4) is 0 Å². The number of carbonyl (C=O) groups excluding carboxylic acids is 1. The lowest BCUT2D eigenvalue weighted by molar-refractivity contribution is -0.136. The van der Waals surface area contributed by atoms with E-state index in [0.717, 1.165) is 37.4 Å². The third kappa shape index (κ3) is 4.48. The van der Waals surface area contributed by atoms with Crippen LogP contribution in [0, 0.1) is 5.92 Å². The number of benzene rings is 1. The van der Waals surface area contributed by atoms with Crippen LogP contribution in [0.5, 0.6) is 0 Å². The molecule has 5 heteroatoms. The Morgan fingerprint density at radius 1 is 1.24 bits per heavy atom. The van der Waals surface area contributed by atoms with Crippen LogP contribution in [0.2, 0.25) is 0 Å². The monoisotopic (exact) mass is 290 g/mol. The standard InChI is InChI=1S/C16H22N2O3/c1-2-12-7-9-18(10-8-12)16(21)17-14-5-3-13(4-6-14)11-15(19)20/h3-6,12H,2,7-11H2,1H3,(H,17,21)(H,19,20). The topological polar surface area (TPSA) is 69.6 Å². The van der Waals surface area contributed by atoms with Crippen LogP contribution in [0.1, 0.15) is 31.7 Å². The number of carbonyl (C=O) groups is 2. The van der Waals surface area contributed by atoms with Crippen LogP contribution in [0.25, 0.3) is 0 Å². The summed E-state index contributed by atoms with van der Waals surface area (Å²) in [6.07, 6.45) is 3.32. The number of carboxylic acid groups (broad SMARTS) is 1. The van der Waals surface area contributed by atoms with Crippen molar-refractivity contribution in [2.45, 2.75) is 32.6 Å². The Balaban J connectivity index is 1.86. The highest BCUT2D eigenvalue weighted by atomic mass is 16.4. The Bertz CT molecular complexity index is 491. The summed E-state index contributed by atoms with van der Waals surface area (Å²) >= 11 is 0. The highest BCUT2D eigenvalue weighted by Gasteiger charge is 2.21. The normalized spacial score (nSPS) is 15.8. The maximum Gasteiger partial charge on any atom is 0.321 e. The first-order valence-electron chi connectivity index (χ1n) is 7.45. The minimum atomic E-state index is -0.856. The van der Waals surface area contributed by atoms with E-state index in [2.05, 4.69) is 12.2 Å². The molecule has 0 aromatic heterocycles. The Labute approximate surface area is 125 Å². The van der Waals surface area contributed by atoms with Gasteiger partial charge in [-0.25, -0.2) is 4.79 Å². The van der Waals surface area contributed by atoms with Crippen LogP contribution >= 0.6 is 0 Å². The van der Waals surface area contributed by atoms with E-state index in [1.165, 1.54) is 6.42 Å². The van der Waals surface area contributed by atoms with Gasteiger partial charge in [0.15, 0.2) is 0 Å². The Morgan fingerprint density at radius 2 is 1.86 bits per heavy atom. The summed E-state index contributed by atoms with van der Waals surface area (Å²) in [6, 6.07) is 6.87. The van der Waals surface area contributed by atoms with Crippen molar-refractivity contribution in [3.8, 4) is 0 Å². The molecule has 1 heterocycles. The van der Waals surface area contributed by atoms with E-state index in [-0.39, 0.29) is 12.5 Å². The van der Waals surface area contributed by atoms with Gasteiger partial charge in [-0.2, -0.15) is 0 Å². The van der Waals surface area contributed by atoms with Crippen molar-refractivity contribution in [1.82, 2.24) is 4.90 Å². The predicted octanol–water partition coefficient (Wildman–Crippen LogP) is 2.97. The van der Waals surface area contributed by atoms with E-state index in [1.807, 2.05) is 4.90 Å². The van der Waals surface area contributed by atoms with Gasteiger partial charge in [0.1, 0.15) is 0 Å². The Hall–Kier alpha value is -2.04. The van der Waals surface area contributed by atoms with Crippen LogP contribution < -0.4 is 5.32 Å². The van der Waals surface area contributed by atoms with Crippen LogP contribution in [-0.2, 0) is 11.2 Å². The van der Waals surface area contributed by atoms with Gasteiger partial charge in [0.2, 0.25) is 0 Å². The van der Waals surface area contributed by atoms with E-state index in [0.29, 0.717) is 5.69 Å². The molecule has 0 unspecified atom stereocenters. The molecule has 1 saturated heterocycles. The summed E-state index contributed by atoms with van der Waals surface area (Å²) in [5.74, 6) is -0.116. The van der Waals surface area contributed by atoms with Gasteiger partial charge in [-0.05, 0) is 36.5 Å². The fourth-order valence-corrected chi connectivity index (χ4v) is 2.63. The minimum absolute atomic E-state index is 0.00123. The maximum absolute atomic E-state index is 12.1. The zero-order chi connectivity index (χ0) is 15.2. The first-order chi connectivity index (χ1) is 10.1. The number of amides is 2. The van der Waals surface area contributed by atoms with Gasteiger partial charge in [-0.1, -0.05) is 25.5 Å². The molecule has 1 aromatic carbocycles. The van der Waals surface area contributed by atoms with E-state index in [1.54, 1.807) is 24.3 Å². The second kappa shape index (κ2) is 7.11. The Kier molecular flexibility index (Phi) is 5.20. The number of aliphatic carboxylic acids is 1. The highest BCUT2D eigenvalue weighted by Crippen LogP contribution is 2.20. The van der Waals surface area contributed by atoms with Crippen molar-refractivity contribution in [3.05, 3.63) is 29.8 Å². The summed E-state index contributed by atoms with van der Waals surface area (Å²) in [7, 11) is 0. The van der Waals surface area contributed by atoms with Crippen molar-refractivity contribution in [3.63, 3.8) is 0 Å². The summed E-state index contributed by atoms with van der Waals surface area (Å²) < 4.78 is 0. The largest absolute Gasteiger partial charge is 0.481 e. The smallest absolute Gasteiger partial charge is 0.321 e. The SMILES string of the molecule is CCC1CCN(C(=O)Nc2ccc(CC(=O)O)cc2)CC1. The molecule has 0 spiro atoms. The number of hydrogen-bond donors (Lipinski definition) is 2. The van der Waals surface area contributed by atoms with E-state index < -0.39 is 5.97 Å². The zero-order valence-electron chi connectivity index (χ0n) is 12.3. The molecule has 2 amide bonds. The van der Waals surface area contributed by atoms with E-state index in [4.69, 9.17) is 5.11 Å². The number of carboxylic acids is 1. The number of anilines is 1.